The Labute approximate surface area is 269 Å². The maximum atomic E-state index is 14.1. The molecule has 0 unspecified atom stereocenters. The summed E-state index contributed by atoms with van der Waals surface area (Å²) < 4.78 is 6.60. The van der Waals surface area contributed by atoms with Crippen LogP contribution in [0.2, 0.25) is 0 Å². The summed E-state index contributed by atoms with van der Waals surface area (Å²) in [7, 11) is 1.61. The predicted octanol–water partition coefficient (Wildman–Crippen LogP) is 3.43. The predicted molar refractivity (Wildman–Crippen MR) is 173 cm³/mol. The molecule has 0 radical (unpaired) electrons. The van der Waals surface area contributed by atoms with Crippen molar-refractivity contribution < 1.29 is 23.9 Å². The Morgan fingerprint density at radius 3 is 2.35 bits per heavy atom. The molecule has 10 nitrogen and oxygen atoms in total. The molecule has 1 aliphatic heterocycles. The lowest BCUT2D eigenvalue weighted by atomic mass is 9.62. The summed E-state index contributed by atoms with van der Waals surface area (Å²) in [6.07, 6.45) is 3.49. The van der Waals surface area contributed by atoms with Crippen LogP contribution >= 0.6 is 0 Å². The second kappa shape index (κ2) is 14.1. The summed E-state index contributed by atoms with van der Waals surface area (Å²) in [5.74, 6) is -1.39. The molecule has 242 valence electrons. The molecule has 2 N–H and O–H groups in total. The first-order valence-electron chi connectivity index (χ1n) is 16.0. The number of carbonyl (C=O) groups is 4. The average molecular weight is 627 g/mol. The lowest BCUT2D eigenvalue weighted by Crippen LogP contribution is -2.51. The van der Waals surface area contributed by atoms with E-state index in [-0.39, 0.29) is 54.0 Å². The lowest BCUT2D eigenvalue weighted by Gasteiger charge is -2.42. The van der Waals surface area contributed by atoms with Crippen LogP contribution in [0.1, 0.15) is 78.9 Å². The van der Waals surface area contributed by atoms with Crippen LogP contribution in [0.3, 0.4) is 0 Å². The number of ether oxygens (including phenoxy) is 1. The number of amides is 3. The minimum atomic E-state index is -1.03. The van der Waals surface area contributed by atoms with Gasteiger partial charge in [0, 0.05) is 38.9 Å². The molecule has 1 fully saturated rings. The molecule has 0 bridgehead atoms. The average Bonchev–Trinajstić information content (AvgIpc) is 3.05. The van der Waals surface area contributed by atoms with Crippen molar-refractivity contribution >= 4 is 23.7 Å². The first-order valence-corrected chi connectivity index (χ1v) is 16.0. The third-order valence-corrected chi connectivity index (χ3v) is 9.05. The number of esters is 1. The molecule has 2 aromatic carbocycles. The number of hydrogen-bond donors (Lipinski definition) is 2. The number of likely N-dealkylation sites (tertiary alicyclic amines) is 1. The third kappa shape index (κ3) is 6.76. The highest BCUT2D eigenvalue weighted by Crippen LogP contribution is 2.48. The van der Waals surface area contributed by atoms with Crippen molar-refractivity contribution in [1.82, 2.24) is 20.1 Å². The van der Waals surface area contributed by atoms with Crippen molar-refractivity contribution in [3.05, 3.63) is 106 Å². The highest BCUT2D eigenvalue weighted by Gasteiger charge is 2.48. The van der Waals surface area contributed by atoms with Crippen LogP contribution < -0.4 is 16.2 Å². The molecule has 0 saturated carbocycles. The van der Waals surface area contributed by atoms with E-state index in [1.54, 1.807) is 33.2 Å². The Morgan fingerprint density at radius 1 is 0.935 bits per heavy atom. The van der Waals surface area contributed by atoms with E-state index in [0.717, 1.165) is 16.7 Å². The normalized spacial score (nSPS) is 19.7. The summed E-state index contributed by atoms with van der Waals surface area (Å²) in [6, 6.07) is 20.3. The number of benzene rings is 2. The van der Waals surface area contributed by atoms with E-state index in [2.05, 4.69) is 10.6 Å². The fourth-order valence-corrected chi connectivity index (χ4v) is 6.74. The molecule has 0 spiro atoms. The Bertz CT molecular complexity index is 1640. The smallest absolute Gasteiger partial charge is 0.307 e. The second-order valence-electron chi connectivity index (χ2n) is 12.4. The number of hydrogen-bond acceptors (Lipinski definition) is 6. The molecular formula is C36H42N4O6. The topological polar surface area (TPSA) is 127 Å². The van der Waals surface area contributed by atoms with Crippen LogP contribution in [0.25, 0.3) is 0 Å². The molecule has 1 saturated heterocycles. The number of rotatable bonds is 9. The summed E-state index contributed by atoms with van der Waals surface area (Å²) >= 11 is 0. The van der Waals surface area contributed by atoms with Crippen LogP contribution in [0.4, 0.5) is 0 Å². The Balaban J connectivity index is 1.31. The van der Waals surface area contributed by atoms with E-state index in [4.69, 9.17) is 4.74 Å². The van der Waals surface area contributed by atoms with Gasteiger partial charge in [-0.3, -0.25) is 24.0 Å². The fraction of sp³-hybridized carbons (Fsp3) is 0.417. The molecule has 2 heterocycles. The van der Waals surface area contributed by atoms with E-state index < -0.39 is 17.2 Å². The summed E-state index contributed by atoms with van der Waals surface area (Å²) in [6.45, 7) is 4.67. The molecule has 10 heteroatoms. The zero-order valence-corrected chi connectivity index (χ0v) is 26.7. The number of carbonyl (C=O) groups excluding carboxylic acids is 4. The number of aromatic nitrogens is 1. The molecule has 2 atom stereocenters. The minimum absolute atomic E-state index is 0.00709. The maximum Gasteiger partial charge on any atom is 0.307 e. The quantitative estimate of drug-likeness (QED) is 0.351. The molecule has 3 aromatic rings. The van der Waals surface area contributed by atoms with Gasteiger partial charge in [0.2, 0.25) is 11.8 Å². The standard InChI is InChI=1S/C36H42N4O6/c1-24(2)46-31(41)16-20-37-35(45)36(25-10-5-4-6-11-25)19-15-28(27-12-7-8-14-30(27)36)34(44)40-22-17-26(18-23-40)38-32(42)29-13-9-21-39(3)33(29)43/h4-14,21,24,26,28H,15-20,22-23H2,1-3H3,(H,37,45)(H,38,42)/t28-,36+/m0/s1. The zero-order chi connectivity index (χ0) is 32.8. The third-order valence-electron chi connectivity index (χ3n) is 9.05. The van der Waals surface area contributed by atoms with Gasteiger partial charge in [0.25, 0.3) is 11.5 Å². The van der Waals surface area contributed by atoms with Crippen LogP contribution in [0.15, 0.2) is 77.7 Å². The van der Waals surface area contributed by atoms with Crippen LogP contribution in [-0.2, 0) is 31.6 Å². The van der Waals surface area contributed by atoms with Crippen molar-refractivity contribution in [3.63, 3.8) is 0 Å². The highest BCUT2D eigenvalue weighted by atomic mass is 16.5. The SMILES string of the molecule is CC(C)OC(=O)CCNC(=O)[C@@]1(c2ccccc2)CC[C@H](C(=O)N2CCC(NC(=O)c3cccn(C)c3=O)CC2)c2ccccc21. The fourth-order valence-electron chi connectivity index (χ4n) is 6.74. The van der Waals surface area contributed by atoms with Crippen LogP contribution in [0.5, 0.6) is 0 Å². The highest BCUT2D eigenvalue weighted by molar-refractivity contribution is 5.95. The van der Waals surface area contributed by atoms with E-state index in [0.29, 0.717) is 38.8 Å². The van der Waals surface area contributed by atoms with Crippen molar-refractivity contribution in [2.24, 2.45) is 7.05 Å². The Morgan fingerprint density at radius 2 is 1.63 bits per heavy atom. The maximum absolute atomic E-state index is 14.1. The number of pyridine rings is 1. The number of fused-ring (bicyclic) bond motifs is 1. The minimum Gasteiger partial charge on any atom is -0.463 e. The molecule has 1 aromatic heterocycles. The van der Waals surface area contributed by atoms with Gasteiger partial charge < -0.3 is 24.8 Å². The monoisotopic (exact) mass is 626 g/mol. The first-order chi connectivity index (χ1) is 22.1. The molecule has 46 heavy (non-hydrogen) atoms. The van der Waals surface area contributed by atoms with Gasteiger partial charge in [0.15, 0.2) is 0 Å². The van der Waals surface area contributed by atoms with E-state index >= 15 is 0 Å². The van der Waals surface area contributed by atoms with E-state index in [1.807, 2.05) is 59.5 Å². The van der Waals surface area contributed by atoms with Crippen molar-refractivity contribution in [1.29, 1.82) is 0 Å². The molecule has 2 aliphatic rings. The lowest BCUT2D eigenvalue weighted by molar-refractivity contribution is -0.147. The zero-order valence-electron chi connectivity index (χ0n) is 26.7. The van der Waals surface area contributed by atoms with Gasteiger partial charge in [-0.2, -0.15) is 0 Å². The number of nitrogens with one attached hydrogen (secondary N) is 2. The van der Waals surface area contributed by atoms with Crippen molar-refractivity contribution in [2.75, 3.05) is 19.6 Å². The van der Waals surface area contributed by atoms with E-state index in [9.17, 15) is 24.0 Å². The van der Waals surface area contributed by atoms with Gasteiger partial charge in [-0.15, -0.1) is 0 Å². The summed E-state index contributed by atoms with van der Waals surface area (Å²) in [5, 5.41) is 5.96. The number of aryl methyl sites for hydroxylation is 1. The summed E-state index contributed by atoms with van der Waals surface area (Å²) in [5.41, 5.74) is 1.18. The van der Waals surface area contributed by atoms with Gasteiger partial charge in [-0.1, -0.05) is 54.6 Å². The van der Waals surface area contributed by atoms with Crippen molar-refractivity contribution in [2.45, 2.75) is 69.4 Å². The largest absolute Gasteiger partial charge is 0.463 e. The molecule has 5 rings (SSSR count). The molecular weight excluding hydrogens is 584 g/mol. The number of piperidine rings is 1. The Hall–Kier alpha value is -4.73. The second-order valence-corrected chi connectivity index (χ2v) is 12.4. The van der Waals surface area contributed by atoms with Gasteiger partial charge in [0.05, 0.1) is 23.9 Å². The van der Waals surface area contributed by atoms with E-state index in [1.165, 1.54) is 10.6 Å². The van der Waals surface area contributed by atoms with Gasteiger partial charge >= 0.3 is 5.97 Å². The Kier molecular flexibility index (Phi) is 10.0. The first kappa shape index (κ1) is 32.7. The summed E-state index contributed by atoms with van der Waals surface area (Å²) in [4.78, 5) is 67.3. The van der Waals surface area contributed by atoms with Crippen LogP contribution in [-0.4, -0.2) is 64.9 Å². The molecule has 3 amide bonds. The number of nitrogens with zero attached hydrogens (tertiary/aromatic N) is 2. The van der Waals surface area contributed by atoms with Gasteiger partial charge in [-0.05, 0) is 68.4 Å². The molecule has 1 aliphatic carbocycles. The van der Waals surface area contributed by atoms with Gasteiger partial charge in [-0.25, -0.2) is 0 Å². The van der Waals surface area contributed by atoms with Crippen LogP contribution in [0, 0.1) is 0 Å². The van der Waals surface area contributed by atoms with Gasteiger partial charge in [0.1, 0.15) is 5.56 Å². The van der Waals surface area contributed by atoms with Crippen molar-refractivity contribution in [3.8, 4) is 0 Å².